The first-order chi connectivity index (χ1) is 4.84. The average molecular weight is 154 g/mol. The molecule has 0 atom stereocenters. The lowest BCUT2D eigenvalue weighted by Crippen LogP contribution is -2.20. The van der Waals surface area contributed by atoms with E-state index in [4.69, 9.17) is 0 Å². The van der Waals surface area contributed by atoms with E-state index in [-0.39, 0.29) is 0 Å². The summed E-state index contributed by atoms with van der Waals surface area (Å²) in [6.07, 6.45) is 0.888. The van der Waals surface area contributed by atoms with Crippen molar-refractivity contribution < 1.29 is 4.32 Å². The molecule has 1 aromatic carbocycles. The van der Waals surface area contributed by atoms with Crippen molar-refractivity contribution >= 4 is 23.3 Å². The highest BCUT2D eigenvalue weighted by Crippen LogP contribution is 2.02. The second-order valence-corrected chi connectivity index (χ2v) is 2.85. The van der Waals surface area contributed by atoms with E-state index in [9.17, 15) is 4.32 Å². The van der Waals surface area contributed by atoms with E-state index in [1.54, 1.807) is 18.4 Å². The van der Waals surface area contributed by atoms with Gasteiger partial charge in [-0.1, -0.05) is 30.3 Å². The molecule has 0 saturated heterocycles. The van der Waals surface area contributed by atoms with Gasteiger partial charge in [-0.25, -0.2) is 0 Å². The summed E-state index contributed by atoms with van der Waals surface area (Å²) >= 11 is 1.21. The molecule has 0 amide bonds. The SMILES string of the molecule is CSB(F)c1ccccc1. The predicted octanol–water partition coefficient (Wildman–Crippen LogP) is 1.71. The van der Waals surface area contributed by atoms with Crippen LogP contribution < -0.4 is 5.46 Å². The highest BCUT2D eigenvalue weighted by atomic mass is 32.2. The van der Waals surface area contributed by atoms with E-state index in [1.165, 1.54) is 11.6 Å². The van der Waals surface area contributed by atoms with Crippen molar-refractivity contribution in [3.05, 3.63) is 30.3 Å². The number of rotatable bonds is 2. The van der Waals surface area contributed by atoms with Crippen molar-refractivity contribution in [2.45, 2.75) is 0 Å². The number of hydrogen-bond acceptors (Lipinski definition) is 1. The Labute approximate surface area is 64.9 Å². The molecule has 0 aromatic heterocycles. The fraction of sp³-hybridized carbons (Fsp3) is 0.143. The fourth-order valence-electron chi connectivity index (χ4n) is 0.740. The molecular weight excluding hydrogens is 146 g/mol. The number of hydrogen-bond donors (Lipinski definition) is 0. The molecular formula is C7H8BFS. The lowest BCUT2D eigenvalue weighted by atomic mass is 9.90. The maximum absolute atomic E-state index is 12.8. The first kappa shape index (κ1) is 7.67. The zero-order valence-corrected chi connectivity index (χ0v) is 6.57. The lowest BCUT2D eigenvalue weighted by molar-refractivity contribution is 0.877. The van der Waals surface area contributed by atoms with Crippen LogP contribution in [0.5, 0.6) is 0 Å². The van der Waals surface area contributed by atoms with Gasteiger partial charge < -0.3 is 4.32 Å². The van der Waals surface area contributed by atoms with Gasteiger partial charge in [-0.15, -0.1) is 0 Å². The van der Waals surface area contributed by atoms with Crippen LogP contribution in [-0.2, 0) is 0 Å². The average Bonchev–Trinajstić information content (AvgIpc) is 2.05. The summed E-state index contributed by atoms with van der Waals surface area (Å²) in [5, 5.41) is 0. The first-order valence-electron chi connectivity index (χ1n) is 3.06. The Hall–Kier alpha value is -0.435. The molecule has 0 bridgehead atoms. The van der Waals surface area contributed by atoms with Gasteiger partial charge in [0.15, 0.2) is 0 Å². The molecule has 0 N–H and O–H groups in total. The van der Waals surface area contributed by atoms with Crippen LogP contribution in [0.1, 0.15) is 0 Å². The molecule has 3 heteroatoms. The van der Waals surface area contributed by atoms with E-state index in [0.717, 1.165) is 5.46 Å². The van der Waals surface area contributed by atoms with Gasteiger partial charge in [0.05, 0.1) is 0 Å². The first-order valence-corrected chi connectivity index (χ1v) is 4.35. The normalized spacial score (nSPS) is 9.40. The summed E-state index contributed by atoms with van der Waals surface area (Å²) in [6.45, 7) is 0. The van der Waals surface area contributed by atoms with Crippen LogP contribution in [0.25, 0.3) is 0 Å². The van der Waals surface area contributed by atoms with E-state index < -0.39 is 6.27 Å². The lowest BCUT2D eigenvalue weighted by Gasteiger charge is -1.97. The molecule has 1 aromatic rings. The molecule has 0 heterocycles. The van der Waals surface area contributed by atoms with Crippen LogP contribution in [0.15, 0.2) is 30.3 Å². The second-order valence-electron chi connectivity index (χ2n) is 1.96. The van der Waals surface area contributed by atoms with Crippen molar-refractivity contribution in [3.63, 3.8) is 0 Å². The minimum atomic E-state index is -0.874. The van der Waals surface area contributed by atoms with Crippen LogP contribution in [0.3, 0.4) is 0 Å². The molecule has 0 aliphatic heterocycles. The molecule has 0 unspecified atom stereocenters. The Morgan fingerprint density at radius 2 is 1.90 bits per heavy atom. The van der Waals surface area contributed by atoms with Gasteiger partial charge in [0.25, 0.3) is 0 Å². The van der Waals surface area contributed by atoms with Crippen molar-refractivity contribution in [2.24, 2.45) is 0 Å². The van der Waals surface area contributed by atoms with Gasteiger partial charge in [-0.05, 0) is 11.7 Å². The Bertz CT molecular complexity index is 190. The molecule has 0 aliphatic rings. The quantitative estimate of drug-likeness (QED) is 0.584. The molecule has 0 radical (unpaired) electrons. The van der Waals surface area contributed by atoms with Crippen LogP contribution in [0.4, 0.5) is 4.32 Å². The summed E-state index contributed by atoms with van der Waals surface area (Å²) in [5.41, 5.74) is 0.745. The maximum atomic E-state index is 12.8. The summed E-state index contributed by atoms with van der Waals surface area (Å²) in [7, 11) is 0. The van der Waals surface area contributed by atoms with Gasteiger partial charge in [-0.3, -0.25) is 0 Å². The van der Waals surface area contributed by atoms with Gasteiger partial charge in [0, 0.05) is 0 Å². The minimum absolute atomic E-state index is 0.745. The molecule has 0 aliphatic carbocycles. The van der Waals surface area contributed by atoms with E-state index >= 15 is 0 Å². The summed E-state index contributed by atoms with van der Waals surface area (Å²) in [6, 6.07) is 9.16. The van der Waals surface area contributed by atoms with Gasteiger partial charge in [0.1, 0.15) is 0 Å². The monoisotopic (exact) mass is 154 g/mol. The standard InChI is InChI=1S/C7H8BFS/c1-10-8(9)7-5-3-2-4-6-7/h2-6H,1H3. The topological polar surface area (TPSA) is 0 Å². The third-order valence-corrected chi connectivity index (χ3v) is 1.95. The highest BCUT2D eigenvalue weighted by Gasteiger charge is 2.12. The van der Waals surface area contributed by atoms with Crippen molar-refractivity contribution in [1.82, 2.24) is 0 Å². The smallest absolute Gasteiger partial charge is 0.313 e. The predicted molar refractivity (Wildman–Crippen MR) is 46.5 cm³/mol. The minimum Gasteiger partial charge on any atom is -0.313 e. The zero-order chi connectivity index (χ0) is 7.40. The summed E-state index contributed by atoms with van der Waals surface area (Å²) < 4.78 is 12.8. The molecule has 0 saturated carbocycles. The Balaban J connectivity index is 2.75. The van der Waals surface area contributed by atoms with Gasteiger partial charge in [-0.2, -0.15) is 11.6 Å². The zero-order valence-electron chi connectivity index (χ0n) is 5.75. The van der Waals surface area contributed by atoms with Crippen molar-refractivity contribution in [2.75, 3.05) is 6.26 Å². The Kier molecular flexibility index (Phi) is 2.81. The Morgan fingerprint density at radius 1 is 1.30 bits per heavy atom. The van der Waals surface area contributed by atoms with Crippen LogP contribution >= 0.6 is 11.6 Å². The summed E-state index contributed by atoms with van der Waals surface area (Å²) in [5.74, 6) is 0. The molecule has 1 rings (SSSR count). The number of benzene rings is 1. The summed E-state index contributed by atoms with van der Waals surface area (Å²) in [4.78, 5) is 0. The third-order valence-electron chi connectivity index (χ3n) is 1.27. The van der Waals surface area contributed by atoms with Gasteiger partial charge in [0.2, 0.25) is 0 Å². The molecule has 0 spiro atoms. The fourth-order valence-corrected chi connectivity index (χ4v) is 1.17. The third kappa shape index (κ3) is 1.77. The largest absolute Gasteiger partial charge is 0.445 e. The van der Waals surface area contributed by atoms with Crippen LogP contribution in [-0.4, -0.2) is 12.5 Å². The van der Waals surface area contributed by atoms with Crippen molar-refractivity contribution in [3.8, 4) is 0 Å². The molecule has 0 fully saturated rings. The molecule has 52 valence electrons. The van der Waals surface area contributed by atoms with E-state index in [1.807, 2.05) is 18.2 Å². The van der Waals surface area contributed by atoms with E-state index in [0.29, 0.717) is 0 Å². The van der Waals surface area contributed by atoms with Gasteiger partial charge >= 0.3 is 6.27 Å². The van der Waals surface area contributed by atoms with E-state index in [2.05, 4.69) is 0 Å². The van der Waals surface area contributed by atoms with Crippen molar-refractivity contribution in [1.29, 1.82) is 0 Å². The van der Waals surface area contributed by atoms with Crippen LogP contribution in [0.2, 0.25) is 0 Å². The second kappa shape index (κ2) is 3.66. The molecule has 0 nitrogen and oxygen atoms in total. The Morgan fingerprint density at radius 3 is 2.40 bits per heavy atom. The molecule has 10 heavy (non-hydrogen) atoms. The highest BCUT2D eigenvalue weighted by molar-refractivity contribution is 8.25. The number of halogens is 1. The maximum Gasteiger partial charge on any atom is 0.445 e. The van der Waals surface area contributed by atoms with Crippen LogP contribution in [0, 0.1) is 0 Å².